The molecule has 2 aromatic carbocycles. The molecule has 1 atom stereocenters. The number of carbonyl (C=O) groups is 1. The second-order valence-corrected chi connectivity index (χ2v) is 9.88. The molecule has 0 saturated heterocycles. The molecule has 2 aromatic rings. The topological polar surface area (TPSA) is 79.8 Å². The fourth-order valence-corrected chi connectivity index (χ4v) is 4.57. The fourth-order valence-electron chi connectivity index (χ4n) is 2.84. The summed E-state index contributed by atoms with van der Waals surface area (Å²) in [5.41, 5.74) is 2.36. The van der Waals surface area contributed by atoms with Crippen molar-refractivity contribution in [3.05, 3.63) is 70.7 Å². The Morgan fingerprint density at radius 1 is 0.938 bits per heavy atom. The summed E-state index contributed by atoms with van der Waals surface area (Å²) in [5.74, 6) is 1.02. The first-order valence-corrected chi connectivity index (χ1v) is 13.4. The molecule has 0 aliphatic heterocycles. The van der Waals surface area contributed by atoms with Gasteiger partial charge in [-0.1, -0.05) is 75.7 Å². The van der Waals surface area contributed by atoms with E-state index >= 15 is 0 Å². The zero-order valence-electron chi connectivity index (χ0n) is 18.0. The maximum Gasteiger partial charge on any atom is 0.332 e. The predicted molar refractivity (Wildman–Crippen MR) is 134 cm³/mol. The Labute approximate surface area is 203 Å². The van der Waals surface area contributed by atoms with E-state index in [1.807, 2.05) is 42.5 Å². The standard InChI is InChI=1S/C23H31ClN2O4S2/c24-21-8-6-20(7-9-21)23(19-4-2-1-3-5-19)26-11-10-25-12-14-29-18-22(28)30-15-17-32-31-16-13-27/h1-9,23,25-27H,10-18H2. The Kier molecular flexibility index (Phi) is 14.5. The number of aliphatic hydroxyl groups is 1. The van der Waals surface area contributed by atoms with Gasteiger partial charge < -0.3 is 25.2 Å². The lowest BCUT2D eigenvalue weighted by Crippen LogP contribution is -2.32. The van der Waals surface area contributed by atoms with Gasteiger partial charge in [-0.15, -0.1) is 0 Å². The van der Waals surface area contributed by atoms with Gasteiger partial charge in [0.2, 0.25) is 0 Å². The Bertz CT molecular complexity index is 753. The van der Waals surface area contributed by atoms with Gasteiger partial charge in [0.05, 0.1) is 19.3 Å². The average molecular weight is 499 g/mol. The van der Waals surface area contributed by atoms with E-state index in [9.17, 15) is 4.79 Å². The molecule has 0 heterocycles. The van der Waals surface area contributed by atoms with Crippen molar-refractivity contribution in [1.29, 1.82) is 0 Å². The molecule has 3 N–H and O–H groups in total. The van der Waals surface area contributed by atoms with Crippen LogP contribution in [0.2, 0.25) is 5.02 Å². The van der Waals surface area contributed by atoms with Crippen LogP contribution in [0.3, 0.4) is 0 Å². The van der Waals surface area contributed by atoms with Gasteiger partial charge >= 0.3 is 5.97 Å². The number of aliphatic hydroxyl groups excluding tert-OH is 1. The first-order valence-electron chi connectivity index (χ1n) is 10.5. The predicted octanol–water partition coefficient (Wildman–Crippen LogP) is 3.54. The first-order chi connectivity index (χ1) is 15.7. The molecule has 0 amide bonds. The lowest BCUT2D eigenvalue weighted by molar-refractivity contribution is -0.148. The molecule has 0 fully saturated rings. The van der Waals surface area contributed by atoms with Crippen LogP contribution in [0.15, 0.2) is 54.6 Å². The molecular weight excluding hydrogens is 468 g/mol. The van der Waals surface area contributed by atoms with Crippen LogP contribution in [0.5, 0.6) is 0 Å². The second-order valence-electron chi connectivity index (χ2n) is 6.74. The number of esters is 1. The number of carbonyl (C=O) groups excluding carboxylic acids is 1. The Morgan fingerprint density at radius 2 is 1.66 bits per heavy atom. The van der Waals surface area contributed by atoms with Gasteiger partial charge in [0.1, 0.15) is 13.2 Å². The van der Waals surface area contributed by atoms with E-state index in [2.05, 4.69) is 22.8 Å². The Balaban J connectivity index is 1.57. The molecule has 0 spiro atoms. The fraction of sp³-hybridized carbons (Fsp3) is 0.435. The zero-order valence-corrected chi connectivity index (χ0v) is 20.4. The summed E-state index contributed by atoms with van der Waals surface area (Å²) >= 11 is 6.04. The number of ether oxygens (including phenoxy) is 2. The third-order valence-electron chi connectivity index (χ3n) is 4.32. The first kappa shape index (κ1) is 27.0. The maximum absolute atomic E-state index is 11.6. The van der Waals surface area contributed by atoms with Crippen LogP contribution in [0, 0.1) is 0 Å². The third kappa shape index (κ3) is 11.6. The van der Waals surface area contributed by atoms with Gasteiger partial charge in [0.25, 0.3) is 0 Å². The number of hydrogen-bond acceptors (Lipinski definition) is 8. The van der Waals surface area contributed by atoms with Crippen LogP contribution in [0.4, 0.5) is 0 Å². The van der Waals surface area contributed by atoms with Crippen molar-refractivity contribution < 1.29 is 19.4 Å². The Hall–Kier alpha value is -1.26. The number of nitrogens with one attached hydrogen (secondary N) is 2. The van der Waals surface area contributed by atoms with Crippen molar-refractivity contribution in [3.8, 4) is 0 Å². The van der Waals surface area contributed by atoms with Crippen molar-refractivity contribution in [2.24, 2.45) is 0 Å². The van der Waals surface area contributed by atoms with E-state index in [0.717, 1.165) is 23.7 Å². The average Bonchev–Trinajstić information content (AvgIpc) is 2.82. The largest absolute Gasteiger partial charge is 0.463 e. The van der Waals surface area contributed by atoms with E-state index in [-0.39, 0.29) is 25.2 Å². The maximum atomic E-state index is 11.6. The van der Waals surface area contributed by atoms with Crippen molar-refractivity contribution in [3.63, 3.8) is 0 Å². The molecule has 0 saturated carbocycles. The van der Waals surface area contributed by atoms with E-state index in [1.165, 1.54) is 5.56 Å². The van der Waals surface area contributed by atoms with Gasteiger partial charge in [-0.05, 0) is 23.3 Å². The summed E-state index contributed by atoms with van der Waals surface area (Å²) in [6.45, 7) is 3.11. The van der Waals surface area contributed by atoms with Crippen LogP contribution in [0.1, 0.15) is 17.2 Å². The van der Waals surface area contributed by atoms with Crippen molar-refractivity contribution in [2.75, 3.05) is 57.6 Å². The summed E-state index contributed by atoms with van der Waals surface area (Å²) in [6.07, 6.45) is 0. The zero-order chi connectivity index (χ0) is 22.9. The summed E-state index contributed by atoms with van der Waals surface area (Å²) in [4.78, 5) is 11.6. The van der Waals surface area contributed by atoms with Crippen molar-refractivity contribution in [2.45, 2.75) is 6.04 Å². The highest BCUT2D eigenvalue weighted by Gasteiger charge is 2.12. The molecule has 0 aromatic heterocycles. The van der Waals surface area contributed by atoms with Gasteiger partial charge in [0.15, 0.2) is 0 Å². The molecule has 32 heavy (non-hydrogen) atoms. The SMILES string of the molecule is O=C(COCCNCCNC(c1ccccc1)c1ccc(Cl)cc1)OCCSSCCO. The van der Waals surface area contributed by atoms with E-state index < -0.39 is 0 Å². The van der Waals surface area contributed by atoms with Gasteiger partial charge in [-0.2, -0.15) is 0 Å². The highest BCUT2D eigenvalue weighted by molar-refractivity contribution is 8.76. The smallest absolute Gasteiger partial charge is 0.332 e. The minimum absolute atomic E-state index is 0.0406. The van der Waals surface area contributed by atoms with E-state index in [0.29, 0.717) is 31.3 Å². The van der Waals surface area contributed by atoms with Crippen LogP contribution in [-0.2, 0) is 14.3 Å². The molecule has 0 aliphatic rings. The van der Waals surface area contributed by atoms with Crippen LogP contribution in [-0.4, -0.2) is 68.6 Å². The molecule has 9 heteroatoms. The highest BCUT2D eigenvalue weighted by Crippen LogP contribution is 2.23. The van der Waals surface area contributed by atoms with E-state index in [4.69, 9.17) is 26.2 Å². The molecule has 0 aliphatic carbocycles. The van der Waals surface area contributed by atoms with Gasteiger partial charge in [-0.25, -0.2) is 4.79 Å². The normalized spacial score (nSPS) is 11.9. The molecular formula is C23H31ClN2O4S2. The lowest BCUT2D eigenvalue weighted by atomic mass is 9.99. The minimum atomic E-state index is -0.354. The number of halogens is 1. The summed E-state index contributed by atoms with van der Waals surface area (Å²) in [7, 11) is 3.14. The van der Waals surface area contributed by atoms with Crippen molar-refractivity contribution >= 4 is 39.2 Å². The summed E-state index contributed by atoms with van der Waals surface area (Å²) in [5, 5.41) is 16.3. The third-order valence-corrected chi connectivity index (χ3v) is 6.92. The molecule has 0 radical (unpaired) electrons. The van der Waals surface area contributed by atoms with Crippen LogP contribution < -0.4 is 10.6 Å². The molecule has 1 unspecified atom stereocenters. The number of benzene rings is 2. The molecule has 0 bridgehead atoms. The molecule has 6 nitrogen and oxygen atoms in total. The van der Waals surface area contributed by atoms with E-state index in [1.54, 1.807) is 21.6 Å². The monoisotopic (exact) mass is 498 g/mol. The van der Waals surface area contributed by atoms with Gasteiger partial charge in [0, 0.05) is 36.2 Å². The second kappa shape index (κ2) is 17.2. The summed E-state index contributed by atoms with van der Waals surface area (Å²) in [6, 6.07) is 18.3. The van der Waals surface area contributed by atoms with Crippen molar-refractivity contribution in [1.82, 2.24) is 10.6 Å². The molecule has 2 rings (SSSR count). The molecule has 176 valence electrons. The minimum Gasteiger partial charge on any atom is -0.463 e. The quantitative estimate of drug-likeness (QED) is 0.174. The van der Waals surface area contributed by atoms with Crippen LogP contribution in [0.25, 0.3) is 0 Å². The summed E-state index contributed by atoms with van der Waals surface area (Å²) < 4.78 is 10.4. The van der Waals surface area contributed by atoms with Crippen LogP contribution >= 0.6 is 33.2 Å². The number of rotatable bonds is 17. The highest BCUT2D eigenvalue weighted by atomic mass is 35.5. The Morgan fingerprint density at radius 3 is 2.41 bits per heavy atom. The van der Waals surface area contributed by atoms with Gasteiger partial charge in [-0.3, -0.25) is 0 Å². The lowest BCUT2D eigenvalue weighted by Gasteiger charge is -2.20. The number of hydrogen-bond donors (Lipinski definition) is 3.